The van der Waals surface area contributed by atoms with Crippen LogP contribution in [0.2, 0.25) is 5.15 Å². The fourth-order valence-electron chi connectivity index (χ4n) is 2.15. The third-order valence-electron chi connectivity index (χ3n) is 3.29. The number of carbonyl (C=O) groups is 1. The largest absolute Gasteiger partial charge is 0.465 e. The first-order valence-electron chi connectivity index (χ1n) is 6.35. The summed E-state index contributed by atoms with van der Waals surface area (Å²) >= 11 is 6.02. The Kier molecular flexibility index (Phi) is 3.57. The fraction of sp³-hybridized carbons (Fsp3) is 0.231. The first kappa shape index (κ1) is 13.6. The average Bonchev–Trinajstić information content (AvgIpc) is 2.97. The molecule has 0 unspecified atom stereocenters. The zero-order chi connectivity index (χ0) is 14.8. The van der Waals surface area contributed by atoms with Crippen LogP contribution in [0.25, 0.3) is 11.3 Å². The second-order valence-electron chi connectivity index (χ2n) is 4.57. The van der Waals surface area contributed by atoms with Crippen molar-refractivity contribution in [2.75, 3.05) is 13.1 Å². The number of amides is 1. The molecule has 8 heteroatoms. The molecule has 0 bridgehead atoms. The Morgan fingerprint density at radius 1 is 1.43 bits per heavy atom. The van der Waals surface area contributed by atoms with Crippen molar-refractivity contribution < 1.29 is 9.90 Å². The number of hydrogen-bond donors (Lipinski definition) is 1. The van der Waals surface area contributed by atoms with Gasteiger partial charge in [-0.25, -0.2) is 14.5 Å². The van der Waals surface area contributed by atoms with E-state index in [1.807, 2.05) is 6.08 Å². The molecule has 0 atom stereocenters. The van der Waals surface area contributed by atoms with Crippen LogP contribution in [-0.2, 0) is 0 Å². The van der Waals surface area contributed by atoms with Crippen molar-refractivity contribution in [3.63, 3.8) is 0 Å². The minimum Gasteiger partial charge on any atom is -0.465 e. The van der Waals surface area contributed by atoms with Crippen molar-refractivity contribution in [2.45, 2.75) is 6.42 Å². The van der Waals surface area contributed by atoms with Crippen molar-refractivity contribution in [1.29, 1.82) is 0 Å². The summed E-state index contributed by atoms with van der Waals surface area (Å²) in [6.45, 7) is 0.826. The van der Waals surface area contributed by atoms with E-state index in [1.165, 1.54) is 4.90 Å². The molecule has 0 saturated carbocycles. The maximum atomic E-state index is 10.9. The predicted molar refractivity (Wildman–Crippen MR) is 76.4 cm³/mol. The molecular formula is C13H12ClN5O2. The van der Waals surface area contributed by atoms with Crippen LogP contribution in [0.3, 0.4) is 0 Å². The Morgan fingerprint density at radius 2 is 2.29 bits per heavy atom. The Morgan fingerprint density at radius 3 is 2.95 bits per heavy atom. The molecule has 3 rings (SSSR count). The van der Waals surface area contributed by atoms with Crippen LogP contribution in [0.4, 0.5) is 4.79 Å². The second-order valence-corrected chi connectivity index (χ2v) is 4.93. The molecule has 1 aliphatic heterocycles. The smallest absolute Gasteiger partial charge is 0.407 e. The van der Waals surface area contributed by atoms with Gasteiger partial charge in [-0.05, 0) is 24.1 Å². The van der Waals surface area contributed by atoms with Gasteiger partial charge >= 0.3 is 6.09 Å². The zero-order valence-electron chi connectivity index (χ0n) is 11.0. The monoisotopic (exact) mass is 305 g/mol. The Balaban J connectivity index is 1.83. The van der Waals surface area contributed by atoms with Gasteiger partial charge in [-0.3, -0.25) is 0 Å². The second kappa shape index (κ2) is 5.53. The highest BCUT2D eigenvalue weighted by Gasteiger charge is 2.18. The summed E-state index contributed by atoms with van der Waals surface area (Å²) in [5.41, 5.74) is 2.36. The molecule has 0 saturated heterocycles. The first-order valence-corrected chi connectivity index (χ1v) is 6.73. The van der Waals surface area contributed by atoms with Crippen LogP contribution in [0.1, 0.15) is 12.1 Å². The normalized spacial score (nSPS) is 14.9. The first-order chi connectivity index (χ1) is 10.1. The van der Waals surface area contributed by atoms with Crippen LogP contribution in [0.5, 0.6) is 0 Å². The lowest BCUT2D eigenvalue weighted by atomic mass is 10.1. The Hall–Kier alpha value is -2.41. The Labute approximate surface area is 125 Å². The van der Waals surface area contributed by atoms with Crippen LogP contribution in [-0.4, -0.2) is 49.2 Å². The number of halogens is 1. The summed E-state index contributed by atoms with van der Waals surface area (Å²) in [5, 5.41) is 17.4. The molecule has 0 spiro atoms. The number of pyridine rings is 1. The summed E-state index contributed by atoms with van der Waals surface area (Å²) in [7, 11) is 0. The summed E-state index contributed by atoms with van der Waals surface area (Å²) in [6.07, 6.45) is 4.94. The van der Waals surface area contributed by atoms with E-state index in [9.17, 15) is 4.79 Å². The Bertz CT molecular complexity index is 712. The van der Waals surface area contributed by atoms with Gasteiger partial charge in [0.25, 0.3) is 0 Å². The van der Waals surface area contributed by atoms with Gasteiger partial charge in [0, 0.05) is 19.3 Å². The molecule has 108 valence electrons. The molecule has 2 aromatic rings. The fourth-order valence-corrected chi connectivity index (χ4v) is 2.36. The third-order valence-corrected chi connectivity index (χ3v) is 3.58. The van der Waals surface area contributed by atoms with Crippen molar-refractivity contribution in [3.8, 4) is 5.69 Å². The van der Waals surface area contributed by atoms with E-state index in [0.717, 1.165) is 11.3 Å². The lowest BCUT2D eigenvalue weighted by Crippen LogP contribution is -2.33. The molecule has 1 N–H and O–H groups in total. The molecule has 1 amide bonds. The zero-order valence-corrected chi connectivity index (χ0v) is 11.7. The van der Waals surface area contributed by atoms with Crippen molar-refractivity contribution in [2.24, 2.45) is 0 Å². The minimum atomic E-state index is -0.906. The molecule has 2 aromatic heterocycles. The summed E-state index contributed by atoms with van der Waals surface area (Å²) in [5.74, 6) is 0. The molecule has 7 nitrogen and oxygen atoms in total. The van der Waals surface area contributed by atoms with E-state index >= 15 is 0 Å². The van der Waals surface area contributed by atoms with E-state index in [0.29, 0.717) is 30.4 Å². The lowest BCUT2D eigenvalue weighted by Gasteiger charge is -2.22. The summed E-state index contributed by atoms with van der Waals surface area (Å²) < 4.78 is 1.56. The van der Waals surface area contributed by atoms with E-state index in [2.05, 4.69) is 15.3 Å². The highest BCUT2D eigenvalue weighted by atomic mass is 35.5. The molecule has 0 radical (unpaired) electrons. The third kappa shape index (κ3) is 2.73. The highest BCUT2D eigenvalue weighted by molar-refractivity contribution is 6.31. The van der Waals surface area contributed by atoms with Gasteiger partial charge in [0.1, 0.15) is 11.4 Å². The van der Waals surface area contributed by atoms with Crippen molar-refractivity contribution >= 4 is 23.3 Å². The quantitative estimate of drug-likeness (QED) is 0.859. The van der Waals surface area contributed by atoms with Crippen LogP contribution in [0, 0.1) is 0 Å². The van der Waals surface area contributed by atoms with Crippen LogP contribution in [0.15, 0.2) is 30.6 Å². The van der Waals surface area contributed by atoms with Gasteiger partial charge in [-0.2, -0.15) is 0 Å². The van der Waals surface area contributed by atoms with Crippen LogP contribution < -0.4 is 0 Å². The molecule has 0 aliphatic carbocycles. The predicted octanol–water partition coefficient (Wildman–Crippen LogP) is 2.08. The molecule has 21 heavy (non-hydrogen) atoms. The van der Waals surface area contributed by atoms with Gasteiger partial charge in [-0.1, -0.05) is 22.9 Å². The van der Waals surface area contributed by atoms with Gasteiger partial charge in [-0.15, -0.1) is 5.10 Å². The van der Waals surface area contributed by atoms with E-state index in [1.54, 1.807) is 29.2 Å². The number of aromatic nitrogens is 4. The number of carboxylic acid groups (broad SMARTS) is 1. The topological polar surface area (TPSA) is 84.1 Å². The SMILES string of the molecule is O=C(O)N1CC=C(c2cn(-c3cccnc3Cl)nn2)CC1. The molecular weight excluding hydrogens is 294 g/mol. The standard InChI is InChI=1S/C13H12ClN5O2/c14-12-11(2-1-5-15-12)19-8-10(16-17-19)9-3-6-18(7-4-9)13(20)21/h1-3,5,8H,4,6-7H2,(H,20,21). The molecule has 0 aromatic carbocycles. The van der Waals surface area contributed by atoms with Gasteiger partial charge < -0.3 is 10.0 Å². The molecule has 0 fully saturated rings. The maximum absolute atomic E-state index is 10.9. The van der Waals surface area contributed by atoms with Gasteiger partial charge in [0.2, 0.25) is 0 Å². The van der Waals surface area contributed by atoms with Gasteiger partial charge in [0.15, 0.2) is 5.15 Å². The number of nitrogens with zero attached hydrogens (tertiary/aromatic N) is 5. The van der Waals surface area contributed by atoms with E-state index < -0.39 is 6.09 Å². The maximum Gasteiger partial charge on any atom is 0.407 e. The van der Waals surface area contributed by atoms with Crippen molar-refractivity contribution in [3.05, 3.63) is 41.4 Å². The average molecular weight is 306 g/mol. The van der Waals surface area contributed by atoms with Gasteiger partial charge in [0.05, 0.1) is 6.20 Å². The lowest BCUT2D eigenvalue weighted by molar-refractivity contribution is 0.150. The molecule has 3 heterocycles. The number of rotatable bonds is 2. The van der Waals surface area contributed by atoms with E-state index in [4.69, 9.17) is 16.7 Å². The highest BCUT2D eigenvalue weighted by Crippen LogP contribution is 2.22. The molecule has 1 aliphatic rings. The van der Waals surface area contributed by atoms with Crippen LogP contribution >= 0.6 is 11.6 Å². The summed E-state index contributed by atoms with van der Waals surface area (Å²) in [4.78, 5) is 16.2. The number of hydrogen-bond acceptors (Lipinski definition) is 4. The van der Waals surface area contributed by atoms with E-state index in [-0.39, 0.29) is 0 Å². The minimum absolute atomic E-state index is 0.351. The van der Waals surface area contributed by atoms with Crippen molar-refractivity contribution in [1.82, 2.24) is 24.9 Å². The summed E-state index contributed by atoms with van der Waals surface area (Å²) in [6, 6.07) is 3.57.